The molecule has 0 aromatic heterocycles. The van der Waals surface area contributed by atoms with Crippen molar-refractivity contribution in [3.8, 4) is 11.5 Å². The zero-order valence-corrected chi connectivity index (χ0v) is 17.6. The topological polar surface area (TPSA) is 100 Å². The Hall–Kier alpha value is -3.06. The SMILES string of the molecule is CCOc1cc(C=NNC(=O)CCCCCNC(=O)c2ccccc2Cl)ccc1O. The van der Waals surface area contributed by atoms with Crippen LogP contribution in [0.1, 0.15) is 48.5 Å². The highest BCUT2D eigenvalue weighted by molar-refractivity contribution is 6.33. The fourth-order valence-electron chi connectivity index (χ4n) is 2.65. The molecular formula is C22H26ClN3O4. The number of nitrogens with one attached hydrogen (secondary N) is 2. The van der Waals surface area contributed by atoms with Crippen LogP contribution in [0.2, 0.25) is 5.02 Å². The molecule has 0 saturated carbocycles. The predicted molar refractivity (Wildman–Crippen MR) is 117 cm³/mol. The predicted octanol–water partition coefficient (Wildman–Crippen LogP) is 3.88. The molecule has 0 fully saturated rings. The summed E-state index contributed by atoms with van der Waals surface area (Å²) in [5, 5.41) is 16.8. The molecule has 160 valence electrons. The molecule has 2 aromatic carbocycles. The summed E-state index contributed by atoms with van der Waals surface area (Å²) >= 11 is 5.99. The number of ether oxygens (including phenoxy) is 1. The molecule has 2 amide bonds. The van der Waals surface area contributed by atoms with Gasteiger partial charge in [-0.1, -0.05) is 30.2 Å². The molecule has 0 spiro atoms. The van der Waals surface area contributed by atoms with Crippen LogP contribution in [0.4, 0.5) is 0 Å². The van der Waals surface area contributed by atoms with E-state index in [4.69, 9.17) is 16.3 Å². The monoisotopic (exact) mass is 431 g/mol. The highest BCUT2D eigenvalue weighted by Gasteiger charge is 2.08. The van der Waals surface area contributed by atoms with Crippen LogP contribution in [0.25, 0.3) is 0 Å². The molecule has 0 heterocycles. The minimum absolute atomic E-state index is 0.0566. The second kappa shape index (κ2) is 12.5. The first-order valence-corrected chi connectivity index (χ1v) is 10.2. The summed E-state index contributed by atoms with van der Waals surface area (Å²) in [6.07, 6.45) is 4.09. The van der Waals surface area contributed by atoms with Crippen LogP contribution < -0.4 is 15.5 Å². The third-order valence-electron chi connectivity index (χ3n) is 4.17. The molecule has 3 N–H and O–H groups in total. The largest absolute Gasteiger partial charge is 0.504 e. The summed E-state index contributed by atoms with van der Waals surface area (Å²) in [6.45, 7) is 2.79. The fraction of sp³-hybridized carbons (Fsp3) is 0.318. The van der Waals surface area contributed by atoms with Gasteiger partial charge < -0.3 is 15.2 Å². The maximum absolute atomic E-state index is 12.0. The lowest BCUT2D eigenvalue weighted by Crippen LogP contribution is -2.24. The number of phenolic OH excluding ortho intramolecular Hbond substituents is 1. The minimum atomic E-state index is -0.200. The van der Waals surface area contributed by atoms with Crippen molar-refractivity contribution >= 4 is 29.6 Å². The Kier molecular flexibility index (Phi) is 9.67. The second-order valence-electron chi connectivity index (χ2n) is 6.50. The zero-order valence-electron chi connectivity index (χ0n) is 16.9. The van der Waals surface area contributed by atoms with Crippen molar-refractivity contribution in [3.63, 3.8) is 0 Å². The fourth-order valence-corrected chi connectivity index (χ4v) is 2.87. The van der Waals surface area contributed by atoms with Crippen molar-refractivity contribution in [2.45, 2.75) is 32.6 Å². The van der Waals surface area contributed by atoms with Gasteiger partial charge in [0.25, 0.3) is 5.91 Å². The third-order valence-corrected chi connectivity index (χ3v) is 4.50. The van der Waals surface area contributed by atoms with E-state index in [0.29, 0.717) is 47.9 Å². The summed E-state index contributed by atoms with van der Waals surface area (Å²) in [6, 6.07) is 11.7. The van der Waals surface area contributed by atoms with Gasteiger partial charge in [-0.2, -0.15) is 5.10 Å². The molecule has 0 bridgehead atoms. The minimum Gasteiger partial charge on any atom is -0.504 e. The maximum atomic E-state index is 12.0. The number of unbranched alkanes of at least 4 members (excludes halogenated alkanes) is 2. The number of carbonyl (C=O) groups is 2. The number of aromatic hydroxyl groups is 1. The van der Waals surface area contributed by atoms with Gasteiger partial charge in [0.1, 0.15) is 0 Å². The van der Waals surface area contributed by atoms with E-state index in [9.17, 15) is 14.7 Å². The van der Waals surface area contributed by atoms with Crippen LogP contribution in [0.3, 0.4) is 0 Å². The molecule has 0 radical (unpaired) electrons. The first-order chi connectivity index (χ1) is 14.5. The van der Waals surface area contributed by atoms with Crippen LogP contribution in [0, 0.1) is 0 Å². The number of hydrogen-bond donors (Lipinski definition) is 3. The Morgan fingerprint density at radius 1 is 1.17 bits per heavy atom. The first kappa shape index (κ1) is 23.2. The number of rotatable bonds is 11. The lowest BCUT2D eigenvalue weighted by Gasteiger charge is -2.06. The molecule has 2 rings (SSSR count). The van der Waals surface area contributed by atoms with E-state index in [1.165, 1.54) is 12.3 Å². The van der Waals surface area contributed by atoms with Crippen molar-refractivity contribution in [2.75, 3.05) is 13.2 Å². The maximum Gasteiger partial charge on any atom is 0.252 e. The summed E-state index contributed by atoms with van der Waals surface area (Å²) < 4.78 is 5.30. The lowest BCUT2D eigenvalue weighted by molar-refractivity contribution is -0.121. The summed E-state index contributed by atoms with van der Waals surface area (Å²) in [7, 11) is 0. The van der Waals surface area contributed by atoms with Crippen molar-refractivity contribution in [3.05, 3.63) is 58.6 Å². The van der Waals surface area contributed by atoms with E-state index in [2.05, 4.69) is 15.8 Å². The van der Waals surface area contributed by atoms with Gasteiger partial charge in [-0.05, 0) is 55.7 Å². The molecule has 0 unspecified atom stereocenters. The van der Waals surface area contributed by atoms with Crippen molar-refractivity contribution in [2.24, 2.45) is 5.10 Å². The summed E-state index contributed by atoms with van der Waals surface area (Å²) in [5.41, 5.74) is 3.63. The van der Waals surface area contributed by atoms with E-state index in [0.717, 1.165) is 12.8 Å². The molecular weight excluding hydrogens is 406 g/mol. The van der Waals surface area contributed by atoms with E-state index in [1.54, 1.807) is 36.4 Å². The van der Waals surface area contributed by atoms with Gasteiger partial charge in [-0.25, -0.2) is 5.43 Å². The average Bonchev–Trinajstić information content (AvgIpc) is 2.73. The standard InChI is InChI=1S/C22H26ClN3O4/c1-2-30-20-14-16(11-12-19(20)27)15-25-26-21(28)10-4-3-7-13-24-22(29)17-8-5-6-9-18(17)23/h5-6,8-9,11-12,14-15,27H,2-4,7,10,13H2,1H3,(H,24,29)(H,26,28). The van der Waals surface area contributed by atoms with Gasteiger partial charge in [0.15, 0.2) is 11.5 Å². The molecule has 0 atom stereocenters. The Bertz CT molecular complexity index is 886. The number of nitrogens with zero attached hydrogens (tertiary/aromatic N) is 1. The molecule has 7 nitrogen and oxygen atoms in total. The Balaban J connectivity index is 1.61. The number of hydrogen-bond acceptors (Lipinski definition) is 5. The molecule has 2 aromatic rings. The van der Waals surface area contributed by atoms with Crippen molar-refractivity contribution in [1.82, 2.24) is 10.7 Å². The van der Waals surface area contributed by atoms with Crippen LogP contribution in [0.15, 0.2) is 47.6 Å². The van der Waals surface area contributed by atoms with Crippen molar-refractivity contribution in [1.29, 1.82) is 0 Å². The van der Waals surface area contributed by atoms with E-state index in [-0.39, 0.29) is 17.6 Å². The molecule has 0 aliphatic rings. The Labute approximate surface area is 181 Å². The van der Waals surface area contributed by atoms with Crippen LogP contribution in [-0.2, 0) is 4.79 Å². The molecule has 0 aliphatic heterocycles. The number of amides is 2. The number of benzene rings is 2. The van der Waals surface area contributed by atoms with E-state index in [1.807, 2.05) is 6.92 Å². The van der Waals surface area contributed by atoms with Gasteiger partial charge in [0.05, 0.1) is 23.4 Å². The first-order valence-electron chi connectivity index (χ1n) is 9.81. The smallest absolute Gasteiger partial charge is 0.252 e. The normalized spacial score (nSPS) is 10.7. The van der Waals surface area contributed by atoms with E-state index >= 15 is 0 Å². The van der Waals surface area contributed by atoms with Gasteiger partial charge >= 0.3 is 0 Å². The Morgan fingerprint density at radius 2 is 1.97 bits per heavy atom. The van der Waals surface area contributed by atoms with Gasteiger partial charge in [0, 0.05) is 13.0 Å². The average molecular weight is 432 g/mol. The lowest BCUT2D eigenvalue weighted by atomic mass is 10.1. The second-order valence-corrected chi connectivity index (χ2v) is 6.91. The highest BCUT2D eigenvalue weighted by atomic mass is 35.5. The van der Waals surface area contributed by atoms with Crippen LogP contribution in [0.5, 0.6) is 11.5 Å². The van der Waals surface area contributed by atoms with Crippen molar-refractivity contribution < 1.29 is 19.4 Å². The van der Waals surface area contributed by atoms with E-state index < -0.39 is 0 Å². The molecule has 0 saturated heterocycles. The van der Waals surface area contributed by atoms with Gasteiger partial charge in [0.2, 0.25) is 5.91 Å². The van der Waals surface area contributed by atoms with Gasteiger partial charge in [-0.15, -0.1) is 0 Å². The van der Waals surface area contributed by atoms with Crippen LogP contribution in [-0.4, -0.2) is 36.3 Å². The number of halogens is 1. The zero-order chi connectivity index (χ0) is 21.8. The Morgan fingerprint density at radius 3 is 2.73 bits per heavy atom. The quantitative estimate of drug-likeness (QED) is 0.285. The molecule has 0 aliphatic carbocycles. The highest BCUT2D eigenvalue weighted by Crippen LogP contribution is 2.26. The summed E-state index contributed by atoms with van der Waals surface area (Å²) in [5.74, 6) is 0.0417. The van der Waals surface area contributed by atoms with Gasteiger partial charge in [-0.3, -0.25) is 9.59 Å². The number of carbonyl (C=O) groups excluding carboxylic acids is 2. The number of hydrazone groups is 1. The van der Waals surface area contributed by atoms with Crippen LogP contribution >= 0.6 is 11.6 Å². The molecule has 8 heteroatoms. The molecule has 30 heavy (non-hydrogen) atoms. The summed E-state index contributed by atoms with van der Waals surface area (Å²) in [4.78, 5) is 23.9. The number of phenols is 1. The third kappa shape index (κ3) is 7.75.